The van der Waals surface area contributed by atoms with Crippen molar-refractivity contribution in [3.05, 3.63) is 78.8 Å². The van der Waals surface area contributed by atoms with Gasteiger partial charge in [0.25, 0.3) is 11.2 Å². The lowest BCUT2D eigenvalue weighted by Gasteiger charge is -2.12. The van der Waals surface area contributed by atoms with E-state index in [0.29, 0.717) is 22.2 Å². The van der Waals surface area contributed by atoms with E-state index in [9.17, 15) is 19.7 Å². The summed E-state index contributed by atoms with van der Waals surface area (Å²) in [6.07, 6.45) is 0. The number of hydrogen-bond acceptors (Lipinski definition) is 6. The van der Waals surface area contributed by atoms with Crippen LogP contribution in [0, 0.1) is 10.1 Å². The van der Waals surface area contributed by atoms with E-state index in [1.165, 1.54) is 35.1 Å². The predicted octanol–water partition coefficient (Wildman–Crippen LogP) is 2.94. The molecular formula is C19H14N4O4S. The lowest BCUT2D eigenvalue weighted by Crippen LogP contribution is -2.37. The number of thiophene rings is 1. The van der Waals surface area contributed by atoms with E-state index in [-0.39, 0.29) is 11.3 Å². The zero-order chi connectivity index (χ0) is 20.0. The van der Waals surface area contributed by atoms with Crippen LogP contribution in [-0.2, 0) is 14.1 Å². The number of fused-ring (bicyclic) bond motifs is 1. The van der Waals surface area contributed by atoms with Crippen LogP contribution in [0.1, 0.15) is 0 Å². The normalized spacial score (nSPS) is 11.1. The molecule has 28 heavy (non-hydrogen) atoms. The number of nitro groups is 1. The van der Waals surface area contributed by atoms with Crippen molar-refractivity contribution in [2.45, 2.75) is 0 Å². The number of nitro benzene ring substituents is 1. The van der Waals surface area contributed by atoms with Gasteiger partial charge in [0.2, 0.25) is 0 Å². The number of aromatic nitrogens is 3. The minimum Gasteiger partial charge on any atom is -0.280 e. The summed E-state index contributed by atoms with van der Waals surface area (Å²) in [6.45, 7) is 0. The molecular weight excluding hydrogens is 380 g/mol. The van der Waals surface area contributed by atoms with Gasteiger partial charge in [-0.2, -0.15) is 0 Å². The zero-order valence-electron chi connectivity index (χ0n) is 14.9. The highest BCUT2D eigenvalue weighted by atomic mass is 32.1. The monoisotopic (exact) mass is 394 g/mol. The van der Waals surface area contributed by atoms with E-state index in [4.69, 9.17) is 0 Å². The quantitative estimate of drug-likeness (QED) is 0.393. The first-order valence-electron chi connectivity index (χ1n) is 8.28. The Morgan fingerprint density at radius 3 is 2.39 bits per heavy atom. The Morgan fingerprint density at radius 1 is 1.07 bits per heavy atom. The van der Waals surface area contributed by atoms with E-state index in [0.717, 1.165) is 9.44 Å². The first-order valence-corrected chi connectivity index (χ1v) is 9.16. The van der Waals surface area contributed by atoms with Crippen LogP contribution in [0.2, 0.25) is 0 Å². The molecule has 0 saturated carbocycles. The zero-order valence-corrected chi connectivity index (χ0v) is 15.8. The second kappa shape index (κ2) is 6.54. The maximum Gasteiger partial charge on any atom is 0.332 e. The first kappa shape index (κ1) is 17.8. The fraction of sp³-hybridized carbons (Fsp3) is 0.105. The average Bonchev–Trinajstić information content (AvgIpc) is 3.24. The molecule has 4 aromatic rings. The fourth-order valence-corrected chi connectivity index (χ4v) is 3.78. The van der Waals surface area contributed by atoms with Crippen LogP contribution in [0.5, 0.6) is 0 Å². The number of non-ortho nitro benzene ring substituents is 1. The second-order valence-corrected chi connectivity index (χ2v) is 7.19. The fourth-order valence-electron chi connectivity index (χ4n) is 3.10. The number of rotatable bonds is 3. The lowest BCUT2D eigenvalue weighted by molar-refractivity contribution is -0.384. The minimum absolute atomic E-state index is 0.0408. The maximum absolute atomic E-state index is 12.9. The molecule has 3 heterocycles. The molecule has 9 heteroatoms. The number of nitrogens with zero attached hydrogens (tertiary/aromatic N) is 4. The Hall–Kier alpha value is -3.59. The summed E-state index contributed by atoms with van der Waals surface area (Å²) in [5, 5.41) is 13.2. The van der Waals surface area contributed by atoms with Gasteiger partial charge in [0.15, 0.2) is 5.65 Å². The van der Waals surface area contributed by atoms with Gasteiger partial charge in [0.1, 0.15) is 0 Å². The lowest BCUT2D eigenvalue weighted by atomic mass is 10.0. The highest BCUT2D eigenvalue weighted by Gasteiger charge is 2.18. The molecule has 0 amide bonds. The van der Waals surface area contributed by atoms with Crippen molar-refractivity contribution < 1.29 is 4.92 Å². The summed E-state index contributed by atoms with van der Waals surface area (Å²) in [5.74, 6) is 0. The Labute approximate surface area is 162 Å². The largest absolute Gasteiger partial charge is 0.332 e. The van der Waals surface area contributed by atoms with Crippen molar-refractivity contribution in [3.63, 3.8) is 0 Å². The SMILES string of the molecule is Cn1c(=O)c2c(-c3ccc([N+](=O)[O-])cc3)cc(-c3cccs3)nc2n(C)c1=O. The van der Waals surface area contributed by atoms with Gasteiger partial charge in [-0.1, -0.05) is 6.07 Å². The summed E-state index contributed by atoms with van der Waals surface area (Å²) in [6, 6.07) is 11.5. The Bertz CT molecular complexity index is 1340. The summed E-state index contributed by atoms with van der Waals surface area (Å²) >= 11 is 1.49. The molecule has 0 fully saturated rings. The molecule has 140 valence electrons. The molecule has 0 saturated heterocycles. The summed E-state index contributed by atoms with van der Waals surface area (Å²) in [4.78, 5) is 41.2. The maximum atomic E-state index is 12.9. The molecule has 0 unspecified atom stereocenters. The van der Waals surface area contributed by atoms with Crippen LogP contribution in [0.3, 0.4) is 0 Å². The Balaban J connectivity index is 2.12. The highest BCUT2D eigenvalue weighted by Crippen LogP contribution is 2.32. The summed E-state index contributed by atoms with van der Waals surface area (Å²) in [5.41, 5.74) is 1.12. The molecule has 3 aromatic heterocycles. The molecule has 0 radical (unpaired) electrons. The van der Waals surface area contributed by atoms with Crippen molar-refractivity contribution >= 4 is 28.1 Å². The molecule has 8 nitrogen and oxygen atoms in total. The highest BCUT2D eigenvalue weighted by molar-refractivity contribution is 7.13. The van der Waals surface area contributed by atoms with Gasteiger partial charge < -0.3 is 0 Å². The van der Waals surface area contributed by atoms with E-state index < -0.39 is 16.2 Å². The third kappa shape index (κ3) is 2.72. The Kier molecular flexibility index (Phi) is 4.16. The molecule has 0 N–H and O–H groups in total. The van der Waals surface area contributed by atoms with Gasteiger partial charge in [-0.25, -0.2) is 9.78 Å². The third-order valence-corrected chi connectivity index (χ3v) is 5.47. The topological polar surface area (TPSA) is 100 Å². The van der Waals surface area contributed by atoms with E-state index >= 15 is 0 Å². The van der Waals surface area contributed by atoms with Crippen LogP contribution in [0.25, 0.3) is 32.7 Å². The van der Waals surface area contributed by atoms with E-state index in [2.05, 4.69) is 4.98 Å². The smallest absolute Gasteiger partial charge is 0.280 e. The van der Waals surface area contributed by atoms with E-state index in [1.807, 2.05) is 17.5 Å². The molecule has 0 aliphatic heterocycles. The van der Waals surface area contributed by atoms with Crippen molar-refractivity contribution in [1.29, 1.82) is 0 Å². The van der Waals surface area contributed by atoms with Crippen LogP contribution in [0.15, 0.2) is 57.4 Å². The van der Waals surface area contributed by atoms with Crippen molar-refractivity contribution in [1.82, 2.24) is 14.1 Å². The van der Waals surface area contributed by atoms with Gasteiger partial charge in [0.05, 0.1) is 20.9 Å². The molecule has 0 bridgehead atoms. The molecule has 1 aromatic carbocycles. The minimum atomic E-state index is -0.478. The second-order valence-electron chi connectivity index (χ2n) is 6.24. The number of pyridine rings is 1. The first-order chi connectivity index (χ1) is 13.4. The molecule has 0 aliphatic rings. The van der Waals surface area contributed by atoms with Gasteiger partial charge >= 0.3 is 5.69 Å². The molecule has 0 aliphatic carbocycles. The van der Waals surface area contributed by atoms with Crippen LogP contribution in [0.4, 0.5) is 5.69 Å². The van der Waals surface area contributed by atoms with Gasteiger partial charge in [0, 0.05) is 31.8 Å². The number of hydrogen-bond donors (Lipinski definition) is 0. The predicted molar refractivity (Wildman–Crippen MR) is 108 cm³/mol. The molecule has 4 rings (SSSR count). The summed E-state index contributed by atoms with van der Waals surface area (Å²) < 4.78 is 2.37. The van der Waals surface area contributed by atoms with E-state index in [1.54, 1.807) is 25.2 Å². The van der Waals surface area contributed by atoms with Gasteiger partial charge in [-0.05, 0) is 35.2 Å². The van der Waals surface area contributed by atoms with Crippen molar-refractivity contribution in [3.8, 4) is 21.7 Å². The standard InChI is InChI=1S/C19H14N4O4S/c1-21-17-16(18(24)22(2)19(21)25)13(10-14(20-17)15-4-3-9-28-15)11-5-7-12(8-6-11)23(26)27/h3-10H,1-2H3. The third-order valence-electron chi connectivity index (χ3n) is 4.57. The summed E-state index contributed by atoms with van der Waals surface area (Å²) in [7, 11) is 2.98. The molecule has 0 spiro atoms. The van der Waals surface area contributed by atoms with Crippen molar-refractivity contribution in [2.24, 2.45) is 14.1 Å². The van der Waals surface area contributed by atoms with Crippen LogP contribution >= 0.6 is 11.3 Å². The number of benzene rings is 1. The molecule has 0 atom stereocenters. The average molecular weight is 394 g/mol. The van der Waals surface area contributed by atoms with Gasteiger partial charge in [-0.15, -0.1) is 11.3 Å². The van der Waals surface area contributed by atoms with Crippen molar-refractivity contribution in [2.75, 3.05) is 0 Å². The van der Waals surface area contributed by atoms with Crippen LogP contribution in [-0.4, -0.2) is 19.0 Å². The Morgan fingerprint density at radius 2 is 1.79 bits per heavy atom. The van der Waals surface area contributed by atoms with Crippen LogP contribution < -0.4 is 11.2 Å². The number of aryl methyl sites for hydroxylation is 1. The van der Waals surface area contributed by atoms with Gasteiger partial charge in [-0.3, -0.25) is 24.0 Å².